The predicted molar refractivity (Wildman–Crippen MR) is 69.9 cm³/mol. The molecule has 0 aliphatic rings. The summed E-state index contributed by atoms with van der Waals surface area (Å²) < 4.78 is 5.49. The van der Waals surface area contributed by atoms with Gasteiger partial charge in [0.25, 0.3) is 0 Å². The summed E-state index contributed by atoms with van der Waals surface area (Å²) in [6, 6.07) is 5.94. The topological polar surface area (TPSA) is 42.4 Å². The average molecular weight is 249 g/mol. The molecule has 17 heavy (non-hydrogen) atoms. The van der Waals surface area contributed by atoms with Crippen molar-refractivity contribution in [2.45, 2.75) is 20.8 Å². The second-order valence-corrected chi connectivity index (χ2v) is 4.80. The maximum Gasteiger partial charge on any atom is 0.195 e. The van der Waals surface area contributed by atoms with Gasteiger partial charge in [-0.25, -0.2) is 4.98 Å². The molecule has 1 heterocycles. The van der Waals surface area contributed by atoms with E-state index in [4.69, 9.17) is 4.74 Å². The first kappa shape index (κ1) is 11.9. The van der Waals surface area contributed by atoms with Crippen molar-refractivity contribution in [1.29, 1.82) is 0 Å². The second-order valence-electron chi connectivity index (χ2n) is 3.82. The zero-order chi connectivity index (χ0) is 12.4. The van der Waals surface area contributed by atoms with E-state index in [-0.39, 0.29) is 5.06 Å². The summed E-state index contributed by atoms with van der Waals surface area (Å²) in [7, 11) is 0. The van der Waals surface area contributed by atoms with Crippen LogP contribution in [0.4, 0.5) is 0 Å². The molecule has 2 aromatic rings. The van der Waals surface area contributed by atoms with E-state index in [0.717, 1.165) is 21.9 Å². The summed E-state index contributed by atoms with van der Waals surface area (Å²) >= 11 is 1.30. The van der Waals surface area contributed by atoms with E-state index in [2.05, 4.69) is 4.98 Å². The zero-order valence-electron chi connectivity index (χ0n) is 10.2. The standard InChI is InChI=1S/C13H15NO2S/c1-4-16-11-6-5-10(7-8(11)2)12-14-9(3)13(15)17-12/h5-7,15H,4H2,1-3H3. The Hall–Kier alpha value is -1.55. The number of benzene rings is 1. The third kappa shape index (κ3) is 2.42. The molecular formula is C13H15NO2S. The molecule has 2 rings (SSSR count). The van der Waals surface area contributed by atoms with Crippen LogP contribution in [0, 0.1) is 13.8 Å². The largest absolute Gasteiger partial charge is 0.498 e. The van der Waals surface area contributed by atoms with Crippen LogP contribution in [0.2, 0.25) is 0 Å². The van der Waals surface area contributed by atoms with E-state index in [1.807, 2.05) is 32.0 Å². The summed E-state index contributed by atoms with van der Waals surface area (Å²) in [5.74, 6) is 0.897. The Bertz CT molecular complexity index is 515. The Labute approximate surface area is 105 Å². The van der Waals surface area contributed by atoms with Crippen molar-refractivity contribution in [1.82, 2.24) is 4.98 Å². The van der Waals surface area contributed by atoms with Crippen LogP contribution >= 0.6 is 11.3 Å². The van der Waals surface area contributed by atoms with Crippen LogP contribution in [0.25, 0.3) is 10.6 Å². The molecule has 0 fully saturated rings. The van der Waals surface area contributed by atoms with Crippen molar-refractivity contribution in [3.05, 3.63) is 29.5 Å². The lowest BCUT2D eigenvalue weighted by molar-refractivity contribution is 0.338. The number of hydrogen-bond donors (Lipinski definition) is 1. The van der Waals surface area contributed by atoms with Gasteiger partial charge < -0.3 is 9.84 Å². The van der Waals surface area contributed by atoms with Crippen LogP contribution in [0.15, 0.2) is 18.2 Å². The van der Waals surface area contributed by atoms with Gasteiger partial charge in [-0.3, -0.25) is 0 Å². The molecule has 0 aliphatic heterocycles. The van der Waals surface area contributed by atoms with Gasteiger partial charge in [-0.1, -0.05) is 11.3 Å². The molecular weight excluding hydrogens is 234 g/mol. The fourth-order valence-corrected chi connectivity index (χ4v) is 2.42. The Balaban J connectivity index is 2.37. The lowest BCUT2D eigenvalue weighted by Gasteiger charge is -2.07. The molecule has 1 N–H and O–H groups in total. The van der Waals surface area contributed by atoms with Gasteiger partial charge in [0.2, 0.25) is 0 Å². The Morgan fingerprint density at radius 3 is 2.65 bits per heavy atom. The van der Waals surface area contributed by atoms with E-state index >= 15 is 0 Å². The van der Waals surface area contributed by atoms with Crippen LogP contribution in [0.5, 0.6) is 10.8 Å². The molecule has 4 heteroatoms. The number of aromatic nitrogens is 1. The molecule has 1 aromatic heterocycles. The van der Waals surface area contributed by atoms with Gasteiger partial charge in [0, 0.05) is 5.56 Å². The molecule has 0 unspecified atom stereocenters. The molecule has 90 valence electrons. The van der Waals surface area contributed by atoms with Crippen LogP contribution in [-0.4, -0.2) is 16.7 Å². The molecule has 0 amide bonds. The summed E-state index contributed by atoms with van der Waals surface area (Å²) in [6.07, 6.45) is 0. The highest BCUT2D eigenvalue weighted by Gasteiger charge is 2.09. The molecule has 0 saturated carbocycles. The molecule has 0 radical (unpaired) electrons. The molecule has 0 atom stereocenters. The van der Waals surface area contributed by atoms with Crippen LogP contribution in [-0.2, 0) is 0 Å². The van der Waals surface area contributed by atoms with Crippen molar-refractivity contribution >= 4 is 11.3 Å². The quantitative estimate of drug-likeness (QED) is 0.904. The monoisotopic (exact) mass is 249 g/mol. The summed E-state index contributed by atoms with van der Waals surface area (Å²) in [6.45, 7) is 6.44. The Kier molecular flexibility index (Phi) is 3.33. The summed E-state index contributed by atoms with van der Waals surface area (Å²) in [4.78, 5) is 4.32. The fraction of sp³-hybridized carbons (Fsp3) is 0.308. The van der Waals surface area contributed by atoms with Gasteiger partial charge in [0.1, 0.15) is 10.8 Å². The fourth-order valence-electron chi connectivity index (χ4n) is 1.61. The maximum absolute atomic E-state index is 9.54. The van der Waals surface area contributed by atoms with E-state index in [1.54, 1.807) is 6.92 Å². The van der Waals surface area contributed by atoms with Crippen LogP contribution in [0.1, 0.15) is 18.2 Å². The zero-order valence-corrected chi connectivity index (χ0v) is 11.0. The predicted octanol–water partition coefficient (Wildman–Crippen LogP) is 3.53. The number of nitrogens with zero attached hydrogens (tertiary/aromatic N) is 1. The Morgan fingerprint density at radius 2 is 2.12 bits per heavy atom. The highest BCUT2D eigenvalue weighted by molar-refractivity contribution is 7.16. The third-order valence-corrected chi connectivity index (χ3v) is 3.50. The average Bonchev–Trinajstić information content (AvgIpc) is 2.62. The van der Waals surface area contributed by atoms with Gasteiger partial charge in [-0.15, -0.1) is 0 Å². The van der Waals surface area contributed by atoms with Crippen LogP contribution < -0.4 is 4.74 Å². The minimum Gasteiger partial charge on any atom is -0.498 e. The number of ether oxygens (including phenoxy) is 1. The highest BCUT2D eigenvalue weighted by Crippen LogP contribution is 2.34. The van der Waals surface area contributed by atoms with Gasteiger partial charge in [-0.05, 0) is 44.5 Å². The summed E-state index contributed by atoms with van der Waals surface area (Å²) in [5.41, 5.74) is 2.77. The first-order valence-electron chi connectivity index (χ1n) is 5.52. The van der Waals surface area contributed by atoms with Crippen molar-refractivity contribution < 1.29 is 9.84 Å². The van der Waals surface area contributed by atoms with Gasteiger partial charge in [-0.2, -0.15) is 0 Å². The number of rotatable bonds is 3. The number of aryl methyl sites for hydroxylation is 2. The lowest BCUT2D eigenvalue weighted by Crippen LogP contribution is -1.93. The van der Waals surface area contributed by atoms with E-state index in [0.29, 0.717) is 12.3 Å². The summed E-state index contributed by atoms with van der Waals surface area (Å²) in [5, 5.41) is 10.7. The van der Waals surface area contributed by atoms with Crippen LogP contribution in [0.3, 0.4) is 0 Å². The van der Waals surface area contributed by atoms with Crippen molar-refractivity contribution in [2.75, 3.05) is 6.61 Å². The first-order chi connectivity index (χ1) is 8.11. The second kappa shape index (κ2) is 4.75. The van der Waals surface area contributed by atoms with E-state index in [1.165, 1.54) is 11.3 Å². The van der Waals surface area contributed by atoms with E-state index in [9.17, 15) is 5.11 Å². The minimum atomic E-state index is 0.284. The number of hydrogen-bond acceptors (Lipinski definition) is 4. The molecule has 0 saturated heterocycles. The minimum absolute atomic E-state index is 0.284. The number of thiazole rings is 1. The SMILES string of the molecule is CCOc1ccc(-c2nc(C)c(O)s2)cc1C. The molecule has 0 bridgehead atoms. The van der Waals surface area contributed by atoms with E-state index < -0.39 is 0 Å². The van der Waals surface area contributed by atoms with Gasteiger partial charge >= 0.3 is 0 Å². The van der Waals surface area contributed by atoms with Crippen molar-refractivity contribution in [3.8, 4) is 21.4 Å². The molecule has 1 aromatic carbocycles. The first-order valence-corrected chi connectivity index (χ1v) is 6.33. The van der Waals surface area contributed by atoms with Crippen molar-refractivity contribution in [2.24, 2.45) is 0 Å². The normalized spacial score (nSPS) is 10.5. The van der Waals surface area contributed by atoms with Crippen molar-refractivity contribution in [3.63, 3.8) is 0 Å². The van der Waals surface area contributed by atoms with Gasteiger partial charge in [0.15, 0.2) is 5.06 Å². The highest BCUT2D eigenvalue weighted by atomic mass is 32.1. The number of aromatic hydroxyl groups is 1. The maximum atomic E-state index is 9.54. The molecule has 3 nitrogen and oxygen atoms in total. The Morgan fingerprint density at radius 1 is 1.35 bits per heavy atom. The lowest BCUT2D eigenvalue weighted by atomic mass is 10.1. The van der Waals surface area contributed by atoms with Gasteiger partial charge in [0.05, 0.1) is 12.3 Å². The third-order valence-electron chi connectivity index (χ3n) is 2.49. The molecule has 0 aliphatic carbocycles. The molecule has 0 spiro atoms. The smallest absolute Gasteiger partial charge is 0.195 e.